The number of benzene rings is 2. The summed E-state index contributed by atoms with van der Waals surface area (Å²) in [5, 5.41) is 0. The zero-order valence-corrected chi connectivity index (χ0v) is 21.0. The molecule has 2 aliphatic rings. The van der Waals surface area contributed by atoms with Gasteiger partial charge in [-0.3, -0.25) is 0 Å². The van der Waals surface area contributed by atoms with Crippen LogP contribution in [0.5, 0.6) is 5.75 Å². The van der Waals surface area contributed by atoms with Crippen LogP contribution in [0.25, 0.3) is 0 Å². The number of halogens is 5. The largest absolute Gasteiger partial charge is 0.429 e. The van der Waals surface area contributed by atoms with Gasteiger partial charge in [0.25, 0.3) is 0 Å². The van der Waals surface area contributed by atoms with Crippen molar-refractivity contribution in [3.05, 3.63) is 65.2 Å². The SMILES string of the molecule is CCCCC1CCC(C2CCC(c3ccc(C(F)(F)Oc4ccc(C(F)(F)F)cc4)cc3)CC2)CC1. The fourth-order valence-electron chi connectivity index (χ4n) is 6.23. The maximum absolute atomic E-state index is 14.7. The highest BCUT2D eigenvalue weighted by Crippen LogP contribution is 2.45. The predicted octanol–water partition coefficient (Wildman–Crippen LogP) is 10.1. The molecule has 0 spiro atoms. The second kappa shape index (κ2) is 11.5. The van der Waals surface area contributed by atoms with Crippen LogP contribution in [0.1, 0.15) is 100 Å². The van der Waals surface area contributed by atoms with Crippen molar-refractivity contribution < 1.29 is 26.7 Å². The fraction of sp³-hybridized carbons (Fsp3) is 0.600. The minimum absolute atomic E-state index is 0.306. The molecular formula is C30H37F5O. The summed E-state index contributed by atoms with van der Waals surface area (Å²) in [5.74, 6) is 2.66. The lowest BCUT2D eigenvalue weighted by molar-refractivity contribution is -0.185. The Morgan fingerprint density at radius 2 is 1.22 bits per heavy atom. The van der Waals surface area contributed by atoms with E-state index in [1.165, 1.54) is 69.9 Å². The van der Waals surface area contributed by atoms with Crippen LogP contribution in [0, 0.1) is 17.8 Å². The molecule has 2 aliphatic carbocycles. The van der Waals surface area contributed by atoms with E-state index in [9.17, 15) is 22.0 Å². The topological polar surface area (TPSA) is 9.23 Å². The van der Waals surface area contributed by atoms with Crippen LogP contribution in [0.15, 0.2) is 48.5 Å². The molecule has 0 saturated heterocycles. The summed E-state index contributed by atoms with van der Waals surface area (Å²) in [6.07, 6.45) is 5.99. The fourth-order valence-corrected chi connectivity index (χ4v) is 6.23. The third kappa shape index (κ3) is 6.80. The van der Waals surface area contributed by atoms with Gasteiger partial charge in [0.15, 0.2) is 0 Å². The van der Waals surface area contributed by atoms with Gasteiger partial charge in [0.2, 0.25) is 0 Å². The number of hydrogen-bond acceptors (Lipinski definition) is 1. The number of alkyl halides is 5. The van der Waals surface area contributed by atoms with E-state index >= 15 is 0 Å². The van der Waals surface area contributed by atoms with Crippen molar-refractivity contribution in [3.63, 3.8) is 0 Å². The average molecular weight is 509 g/mol. The van der Waals surface area contributed by atoms with E-state index in [-0.39, 0.29) is 11.3 Å². The van der Waals surface area contributed by atoms with Crippen molar-refractivity contribution >= 4 is 0 Å². The first-order valence-electron chi connectivity index (χ1n) is 13.5. The standard InChI is InChI=1S/C30H37F5O/c1-2-3-4-21-5-7-22(8-6-21)23-9-11-24(12-10-23)25-13-15-27(16-14-25)30(34,35)36-28-19-17-26(18-20-28)29(31,32)33/h13-24H,2-12H2,1H3. The molecule has 0 bridgehead atoms. The van der Waals surface area contributed by atoms with Crippen LogP contribution in [0.3, 0.4) is 0 Å². The van der Waals surface area contributed by atoms with Crippen molar-refractivity contribution in [2.45, 2.75) is 95.8 Å². The lowest BCUT2D eigenvalue weighted by Crippen LogP contribution is -2.25. The summed E-state index contributed by atoms with van der Waals surface area (Å²) in [5.41, 5.74) is -0.137. The summed E-state index contributed by atoms with van der Waals surface area (Å²) in [6, 6.07) is 9.58. The molecule has 0 aliphatic heterocycles. The van der Waals surface area contributed by atoms with Crippen molar-refractivity contribution in [1.82, 2.24) is 0 Å². The van der Waals surface area contributed by atoms with Crippen molar-refractivity contribution in [2.75, 3.05) is 0 Å². The summed E-state index contributed by atoms with van der Waals surface area (Å²) in [7, 11) is 0. The predicted molar refractivity (Wildman–Crippen MR) is 132 cm³/mol. The molecule has 1 nitrogen and oxygen atoms in total. The number of rotatable bonds is 8. The zero-order chi connectivity index (χ0) is 25.8. The molecule has 2 aromatic rings. The van der Waals surface area contributed by atoms with Gasteiger partial charge in [0.1, 0.15) is 5.75 Å². The molecular weight excluding hydrogens is 471 g/mol. The number of hydrogen-bond donors (Lipinski definition) is 0. The number of ether oxygens (including phenoxy) is 1. The minimum atomic E-state index is -4.52. The molecule has 6 heteroatoms. The van der Waals surface area contributed by atoms with Gasteiger partial charge >= 0.3 is 12.3 Å². The van der Waals surface area contributed by atoms with Gasteiger partial charge in [-0.1, -0.05) is 51.2 Å². The maximum Gasteiger partial charge on any atom is 0.426 e. The number of unbranched alkanes of at least 4 members (excludes halogenated alkanes) is 1. The molecule has 2 fully saturated rings. The first-order valence-corrected chi connectivity index (χ1v) is 13.5. The quantitative estimate of drug-likeness (QED) is 0.322. The molecule has 2 aromatic carbocycles. The Kier molecular flexibility index (Phi) is 8.62. The molecule has 36 heavy (non-hydrogen) atoms. The summed E-state index contributed by atoms with van der Waals surface area (Å²) in [6.45, 7) is 2.26. The molecule has 0 radical (unpaired) electrons. The van der Waals surface area contributed by atoms with Gasteiger partial charge < -0.3 is 4.74 Å². The lowest BCUT2D eigenvalue weighted by Gasteiger charge is -2.38. The molecule has 0 unspecified atom stereocenters. The minimum Gasteiger partial charge on any atom is -0.429 e. The Morgan fingerprint density at radius 3 is 1.75 bits per heavy atom. The van der Waals surface area contributed by atoms with Crippen LogP contribution in [-0.2, 0) is 12.3 Å². The second-order valence-electron chi connectivity index (χ2n) is 10.8. The van der Waals surface area contributed by atoms with Crippen molar-refractivity contribution in [1.29, 1.82) is 0 Å². The van der Waals surface area contributed by atoms with E-state index in [0.717, 1.165) is 60.4 Å². The van der Waals surface area contributed by atoms with E-state index in [1.807, 2.05) is 0 Å². The first-order chi connectivity index (χ1) is 17.2. The van der Waals surface area contributed by atoms with E-state index in [0.29, 0.717) is 5.92 Å². The van der Waals surface area contributed by atoms with Gasteiger partial charge in [-0.05, 0) is 104 Å². The highest BCUT2D eigenvalue weighted by molar-refractivity contribution is 5.31. The molecule has 0 N–H and O–H groups in total. The van der Waals surface area contributed by atoms with Gasteiger partial charge in [-0.2, -0.15) is 22.0 Å². The summed E-state index contributed by atoms with van der Waals surface area (Å²) in [4.78, 5) is 0. The van der Waals surface area contributed by atoms with Crippen LogP contribution in [0.4, 0.5) is 22.0 Å². The Hall–Kier alpha value is -2.11. The van der Waals surface area contributed by atoms with Gasteiger partial charge in [-0.15, -0.1) is 0 Å². The van der Waals surface area contributed by atoms with E-state index < -0.39 is 17.8 Å². The third-order valence-electron chi connectivity index (χ3n) is 8.44. The van der Waals surface area contributed by atoms with Gasteiger partial charge in [-0.25, -0.2) is 0 Å². The molecule has 4 rings (SSSR count). The molecule has 0 heterocycles. The zero-order valence-electron chi connectivity index (χ0n) is 21.0. The third-order valence-corrected chi connectivity index (χ3v) is 8.44. The highest BCUT2D eigenvalue weighted by atomic mass is 19.4. The first kappa shape index (κ1) is 26.9. The van der Waals surface area contributed by atoms with Crippen LogP contribution in [-0.4, -0.2) is 0 Å². The maximum atomic E-state index is 14.7. The van der Waals surface area contributed by atoms with Crippen LogP contribution >= 0.6 is 0 Å². The molecule has 0 amide bonds. The highest BCUT2D eigenvalue weighted by Gasteiger charge is 2.36. The molecule has 0 atom stereocenters. The smallest absolute Gasteiger partial charge is 0.426 e. The summed E-state index contributed by atoms with van der Waals surface area (Å²) < 4.78 is 72.1. The normalized spacial score (nSPS) is 25.5. The molecule has 198 valence electrons. The Bertz CT molecular complexity index is 935. The van der Waals surface area contributed by atoms with Crippen LogP contribution in [0.2, 0.25) is 0 Å². The average Bonchev–Trinajstić information content (AvgIpc) is 2.87. The van der Waals surface area contributed by atoms with Crippen LogP contribution < -0.4 is 4.74 Å². The molecule has 0 aromatic heterocycles. The van der Waals surface area contributed by atoms with Crippen molar-refractivity contribution in [3.8, 4) is 5.75 Å². The molecule has 2 saturated carbocycles. The monoisotopic (exact) mass is 508 g/mol. The lowest BCUT2D eigenvalue weighted by atomic mass is 9.68. The van der Waals surface area contributed by atoms with E-state index in [4.69, 9.17) is 4.74 Å². The second-order valence-corrected chi connectivity index (χ2v) is 10.8. The Morgan fingerprint density at radius 1 is 0.694 bits per heavy atom. The Labute approximate surface area is 211 Å². The summed E-state index contributed by atoms with van der Waals surface area (Å²) >= 11 is 0. The van der Waals surface area contributed by atoms with Crippen molar-refractivity contribution in [2.24, 2.45) is 17.8 Å². The Balaban J connectivity index is 1.28. The van der Waals surface area contributed by atoms with E-state index in [1.54, 1.807) is 12.1 Å². The van der Waals surface area contributed by atoms with Gasteiger partial charge in [0.05, 0.1) is 11.1 Å². The van der Waals surface area contributed by atoms with E-state index in [2.05, 4.69) is 6.92 Å². The van der Waals surface area contributed by atoms with Gasteiger partial charge in [0, 0.05) is 0 Å².